The van der Waals surface area contributed by atoms with Gasteiger partial charge in [0.25, 0.3) is 5.89 Å². The van der Waals surface area contributed by atoms with E-state index in [-0.39, 0.29) is 5.75 Å². The molecule has 0 aliphatic rings. The number of benzene rings is 2. The maximum Gasteiger partial charge on any atom is 0.274 e. The molecule has 3 heterocycles. The summed E-state index contributed by atoms with van der Waals surface area (Å²) < 4.78 is 11.1. The van der Waals surface area contributed by atoms with Crippen LogP contribution in [0.4, 0.5) is 0 Å². The lowest BCUT2D eigenvalue weighted by Crippen LogP contribution is -1.88. The van der Waals surface area contributed by atoms with Gasteiger partial charge in [-0.3, -0.25) is 0 Å². The van der Waals surface area contributed by atoms with Crippen LogP contribution >= 0.6 is 0 Å². The van der Waals surface area contributed by atoms with Crippen molar-refractivity contribution in [3.8, 4) is 40.4 Å². The molecule has 0 atom stereocenters. The third kappa shape index (κ3) is 2.95. The summed E-state index contributed by atoms with van der Waals surface area (Å²) in [4.78, 5) is 11.8. The average molecular weight is 370 g/mol. The van der Waals surface area contributed by atoms with Crippen molar-refractivity contribution in [3.63, 3.8) is 0 Å². The van der Waals surface area contributed by atoms with Crippen molar-refractivity contribution in [2.75, 3.05) is 0 Å². The van der Waals surface area contributed by atoms with Crippen LogP contribution in [0.25, 0.3) is 33.9 Å². The van der Waals surface area contributed by atoms with Crippen molar-refractivity contribution in [2.24, 2.45) is 0 Å². The van der Waals surface area contributed by atoms with Crippen molar-refractivity contribution in [1.29, 1.82) is 0 Å². The summed E-state index contributed by atoms with van der Waals surface area (Å²) in [5.41, 5.74) is 1.96. The van der Waals surface area contributed by atoms with Crippen LogP contribution in [0.5, 0.6) is 17.4 Å². The number of phenols is 1. The van der Waals surface area contributed by atoms with E-state index in [0.29, 0.717) is 40.1 Å². The molecular weight excluding hydrogens is 356 g/mol. The lowest BCUT2D eigenvalue weighted by atomic mass is 10.2. The van der Waals surface area contributed by atoms with Gasteiger partial charge in [-0.05, 0) is 30.3 Å². The van der Waals surface area contributed by atoms with Crippen LogP contribution in [0.2, 0.25) is 0 Å². The minimum Gasteiger partial charge on any atom is -0.506 e. The molecule has 3 aromatic heterocycles. The van der Waals surface area contributed by atoms with E-state index in [2.05, 4.69) is 20.1 Å². The number of H-pyrrole nitrogens is 1. The summed E-state index contributed by atoms with van der Waals surface area (Å²) in [5.74, 6) is 2.10. The Kier molecular flexibility index (Phi) is 3.76. The molecule has 5 aromatic rings. The van der Waals surface area contributed by atoms with Crippen molar-refractivity contribution in [3.05, 3.63) is 72.9 Å². The van der Waals surface area contributed by atoms with E-state index < -0.39 is 0 Å². The molecule has 136 valence electrons. The number of phenolic OH excluding ortho intramolecular Hbond substituents is 1. The largest absolute Gasteiger partial charge is 0.506 e. The summed E-state index contributed by atoms with van der Waals surface area (Å²) in [6.07, 6.45) is 1.63. The third-order valence-electron chi connectivity index (χ3n) is 4.25. The van der Waals surface area contributed by atoms with Gasteiger partial charge in [-0.15, -0.1) is 0 Å². The number of pyridine rings is 1. The van der Waals surface area contributed by atoms with E-state index in [4.69, 9.17) is 9.26 Å². The minimum absolute atomic E-state index is 0.168. The first-order chi connectivity index (χ1) is 13.8. The molecule has 7 nitrogen and oxygen atoms in total. The van der Waals surface area contributed by atoms with Crippen LogP contribution in [-0.2, 0) is 0 Å². The van der Waals surface area contributed by atoms with Crippen molar-refractivity contribution in [1.82, 2.24) is 20.1 Å². The summed E-state index contributed by atoms with van der Waals surface area (Å²) in [5, 5.41) is 14.8. The first-order valence-corrected chi connectivity index (χ1v) is 8.60. The highest BCUT2D eigenvalue weighted by Crippen LogP contribution is 2.29. The molecule has 0 aliphatic heterocycles. The number of hydrogen-bond acceptors (Lipinski definition) is 6. The molecular formula is C21H14N4O3. The monoisotopic (exact) mass is 370 g/mol. The van der Waals surface area contributed by atoms with Gasteiger partial charge in [0, 0.05) is 23.2 Å². The van der Waals surface area contributed by atoms with E-state index in [1.807, 2.05) is 48.5 Å². The van der Waals surface area contributed by atoms with Crippen LogP contribution in [-0.4, -0.2) is 25.2 Å². The van der Waals surface area contributed by atoms with Crippen LogP contribution in [0, 0.1) is 0 Å². The summed E-state index contributed by atoms with van der Waals surface area (Å²) in [6, 6.07) is 20.1. The normalized spacial score (nSPS) is 11.0. The molecule has 0 amide bonds. The predicted molar refractivity (Wildman–Crippen MR) is 103 cm³/mol. The highest BCUT2D eigenvalue weighted by atomic mass is 16.5. The Morgan fingerprint density at radius 2 is 1.86 bits per heavy atom. The lowest BCUT2D eigenvalue weighted by Gasteiger charge is -2.04. The Morgan fingerprint density at radius 3 is 2.64 bits per heavy atom. The Labute approximate surface area is 159 Å². The molecule has 0 aliphatic carbocycles. The summed E-state index contributed by atoms with van der Waals surface area (Å²) in [7, 11) is 0. The Morgan fingerprint density at radius 1 is 0.964 bits per heavy atom. The zero-order valence-corrected chi connectivity index (χ0v) is 14.5. The van der Waals surface area contributed by atoms with Crippen LogP contribution in [0.15, 0.2) is 77.4 Å². The zero-order chi connectivity index (χ0) is 18.9. The number of nitrogens with one attached hydrogen (secondary N) is 1. The van der Waals surface area contributed by atoms with E-state index in [1.54, 1.807) is 24.4 Å². The van der Waals surface area contributed by atoms with Gasteiger partial charge >= 0.3 is 0 Å². The van der Waals surface area contributed by atoms with Gasteiger partial charge in [-0.1, -0.05) is 35.5 Å². The Balaban J connectivity index is 1.40. The molecule has 0 radical (unpaired) electrons. The van der Waals surface area contributed by atoms with E-state index >= 15 is 0 Å². The molecule has 0 spiro atoms. The van der Waals surface area contributed by atoms with E-state index in [9.17, 15) is 5.11 Å². The second-order valence-electron chi connectivity index (χ2n) is 6.15. The molecule has 0 saturated heterocycles. The lowest BCUT2D eigenvalue weighted by molar-refractivity contribution is 0.431. The van der Waals surface area contributed by atoms with Gasteiger partial charge in [0.05, 0.1) is 5.52 Å². The third-order valence-corrected chi connectivity index (χ3v) is 4.25. The fourth-order valence-electron chi connectivity index (χ4n) is 2.89. The molecule has 0 saturated carbocycles. The van der Waals surface area contributed by atoms with Crippen LogP contribution < -0.4 is 4.74 Å². The van der Waals surface area contributed by atoms with E-state index in [1.165, 1.54) is 0 Å². The molecule has 0 bridgehead atoms. The fraction of sp³-hybridized carbons (Fsp3) is 0. The summed E-state index contributed by atoms with van der Waals surface area (Å²) in [6.45, 7) is 0. The highest BCUT2D eigenvalue weighted by Gasteiger charge is 2.14. The maximum absolute atomic E-state index is 9.93. The number of rotatable bonds is 4. The van der Waals surface area contributed by atoms with Gasteiger partial charge < -0.3 is 19.4 Å². The molecule has 2 aromatic carbocycles. The number of nitrogens with zero attached hydrogens (tertiary/aromatic N) is 3. The molecule has 0 unspecified atom stereocenters. The Bertz CT molecular complexity index is 1240. The SMILES string of the molecule is Oc1cccc2cc(-c3nc(-c4ccc(Oc5ccccc5)nc4)no3)[nH]c12. The van der Waals surface area contributed by atoms with Gasteiger partial charge in [-0.2, -0.15) is 4.98 Å². The van der Waals surface area contributed by atoms with Gasteiger partial charge in [0.15, 0.2) is 0 Å². The van der Waals surface area contributed by atoms with Crippen LogP contribution in [0.1, 0.15) is 0 Å². The number of fused-ring (bicyclic) bond motifs is 1. The fourth-order valence-corrected chi connectivity index (χ4v) is 2.89. The predicted octanol–water partition coefficient (Wildman–Crippen LogP) is 4.78. The second kappa shape index (κ2) is 6.55. The number of para-hydroxylation sites is 2. The first kappa shape index (κ1) is 16.1. The first-order valence-electron chi connectivity index (χ1n) is 8.60. The second-order valence-corrected chi connectivity index (χ2v) is 6.15. The standard InChI is InChI=1S/C21H14N4O3/c26-17-8-4-5-13-11-16(23-19(13)17)21-24-20(25-28-21)14-9-10-18(22-12-14)27-15-6-2-1-3-7-15/h1-12,23,26H. The molecule has 28 heavy (non-hydrogen) atoms. The quantitative estimate of drug-likeness (QED) is 0.473. The topological polar surface area (TPSA) is 97.1 Å². The van der Waals surface area contributed by atoms with Gasteiger partial charge in [0.1, 0.15) is 17.2 Å². The van der Waals surface area contributed by atoms with E-state index in [0.717, 1.165) is 5.39 Å². The smallest absolute Gasteiger partial charge is 0.274 e. The highest BCUT2D eigenvalue weighted by molar-refractivity contribution is 5.89. The number of hydrogen-bond donors (Lipinski definition) is 2. The maximum atomic E-state index is 9.93. The molecule has 5 rings (SSSR count). The number of aromatic nitrogens is 4. The van der Waals surface area contributed by atoms with Crippen molar-refractivity contribution >= 4 is 10.9 Å². The van der Waals surface area contributed by atoms with Crippen LogP contribution in [0.3, 0.4) is 0 Å². The van der Waals surface area contributed by atoms with Crippen molar-refractivity contribution < 1.29 is 14.4 Å². The Hall–Kier alpha value is -4.13. The number of ether oxygens (including phenoxy) is 1. The van der Waals surface area contributed by atoms with Crippen molar-refractivity contribution in [2.45, 2.75) is 0 Å². The van der Waals surface area contributed by atoms with Gasteiger partial charge in [-0.25, -0.2) is 4.98 Å². The minimum atomic E-state index is 0.168. The van der Waals surface area contributed by atoms with Gasteiger partial charge in [0.2, 0.25) is 11.7 Å². The molecule has 2 N–H and O–H groups in total. The summed E-state index contributed by atoms with van der Waals surface area (Å²) >= 11 is 0. The average Bonchev–Trinajstić information content (AvgIpc) is 3.37. The zero-order valence-electron chi connectivity index (χ0n) is 14.5. The molecule has 7 heteroatoms. The number of aromatic amines is 1. The number of aromatic hydroxyl groups is 1. The molecule has 0 fully saturated rings.